The molecule has 0 bridgehead atoms. The Balaban J connectivity index is 2.08. The predicted octanol–water partition coefficient (Wildman–Crippen LogP) is 4.28. The van der Waals surface area contributed by atoms with Crippen molar-refractivity contribution < 1.29 is 0 Å². The third kappa shape index (κ3) is 5.46. The zero-order chi connectivity index (χ0) is 13.3. The number of hydrogen-bond donors (Lipinski definition) is 0. The summed E-state index contributed by atoms with van der Waals surface area (Å²) in [6.07, 6.45) is 3.21. The molecule has 19 heavy (non-hydrogen) atoms. The molecule has 0 atom stereocenters. The Labute approximate surface area is 130 Å². The van der Waals surface area contributed by atoms with E-state index in [0.29, 0.717) is 20.8 Å². The van der Waals surface area contributed by atoms with Crippen molar-refractivity contribution in [3.63, 3.8) is 0 Å². The molecule has 0 saturated heterocycles. The number of benzene rings is 2. The van der Waals surface area contributed by atoms with E-state index in [0.717, 1.165) is 6.42 Å². The molecule has 0 spiro atoms. The Kier molecular flexibility index (Phi) is 6.59. The van der Waals surface area contributed by atoms with Gasteiger partial charge in [-0.05, 0) is 0 Å². The Morgan fingerprint density at radius 3 is 2.26 bits per heavy atom. The Hall–Kier alpha value is -0.661. The number of hydrogen-bond acceptors (Lipinski definition) is 1. The van der Waals surface area contributed by atoms with Gasteiger partial charge in [0.2, 0.25) is 0 Å². The van der Waals surface area contributed by atoms with Crippen molar-refractivity contribution in [1.82, 2.24) is 0 Å². The van der Waals surface area contributed by atoms with Crippen molar-refractivity contribution in [1.29, 1.82) is 0 Å². The summed E-state index contributed by atoms with van der Waals surface area (Å²) in [5, 5.41) is 0. The molecule has 2 aromatic rings. The molecule has 0 aromatic heterocycles. The fraction of sp³-hybridized carbons (Fsp3) is 0.125. The standard InChI is InChI=1S/C16H15ClSSe/c17-13-7-12-16(18-14-8-3-1-4-9-14)19-15-10-5-2-6-11-15/h1-6,8-12H,7,13H2/b16-12-. The van der Waals surface area contributed by atoms with Gasteiger partial charge in [-0.2, -0.15) is 0 Å². The van der Waals surface area contributed by atoms with Crippen LogP contribution in [0.4, 0.5) is 0 Å². The van der Waals surface area contributed by atoms with Gasteiger partial charge in [-0.1, -0.05) is 0 Å². The maximum atomic E-state index is 5.80. The molecule has 2 rings (SSSR count). The summed E-state index contributed by atoms with van der Waals surface area (Å²) in [5.41, 5.74) is 0. The average Bonchev–Trinajstić information content (AvgIpc) is 2.47. The van der Waals surface area contributed by atoms with E-state index in [1.165, 1.54) is 13.2 Å². The van der Waals surface area contributed by atoms with E-state index in [1.807, 2.05) is 11.8 Å². The first kappa shape index (κ1) is 14.7. The minimum atomic E-state index is 0.355. The number of thioether (sulfide) groups is 1. The first-order valence-corrected chi connectivity index (χ1v) is 9.17. The topological polar surface area (TPSA) is 0 Å². The summed E-state index contributed by atoms with van der Waals surface area (Å²) in [7, 11) is 0. The van der Waals surface area contributed by atoms with Crippen LogP contribution >= 0.6 is 23.4 Å². The number of rotatable bonds is 6. The van der Waals surface area contributed by atoms with Crippen molar-refractivity contribution in [2.75, 3.05) is 5.88 Å². The third-order valence-corrected chi connectivity index (χ3v) is 6.23. The number of halogens is 1. The first-order valence-electron chi connectivity index (χ1n) is 6.10. The van der Waals surface area contributed by atoms with Crippen molar-refractivity contribution in [2.24, 2.45) is 0 Å². The van der Waals surface area contributed by atoms with Gasteiger partial charge in [0, 0.05) is 0 Å². The van der Waals surface area contributed by atoms with Crippen LogP contribution in [0, 0.1) is 0 Å². The minimum absolute atomic E-state index is 0.355. The second-order valence-electron chi connectivity index (χ2n) is 3.83. The Bertz CT molecular complexity index is 467. The zero-order valence-electron chi connectivity index (χ0n) is 10.5. The van der Waals surface area contributed by atoms with Gasteiger partial charge in [-0.15, -0.1) is 0 Å². The molecule has 0 radical (unpaired) electrons. The van der Waals surface area contributed by atoms with Gasteiger partial charge in [-0.3, -0.25) is 0 Å². The number of alkyl halides is 1. The van der Waals surface area contributed by atoms with Crippen LogP contribution in [0.2, 0.25) is 0 Å². The molecule has 0 amide bonds. The predicted molar refractivity (Wildman–Crippen MR) is 87.5 cm³/mol. The monoisotopic (exact) mass is 354 g/mol. The molecule has 0 aliphatic rings. The van der Waals surface area contributed by atoms with Crippen LogP contribution in [0.15, 0.2) is 75.4 Å². The van der Waals surface area contributed by atoms with Gasteiger partial charge in [0.1, 0.15) is 0 Å². The maximum absolute atomic E-state index is 5.80. The van der Waals surface area contributed by atoms with E-state index < -0.39 is 0 Å². The van der Waals surface area contributed by atoms with E-state index in [1.54, 1.807) is 0 Å². The van der Waals surface area contributed by atoms with Gasteiger partial charge >= 0.3 is 131 Å². The van der Waals surface area contributed by atoms with Crippen molar-refractivity contribution in [3.8, 4) is 0 Å². The summed E-state index contributed by atoms with van der Waals surface area (Å²) >= 11 is 8.01. The molecular weight excluding hydrogens is 339 g/mol. The third-order valence-electron chi connectivity index (χ3n) is 2.34. The molecule has 0 unspecified atom stereocenters. The molecular formula is C16H15ClSSe. The zero-order valence-corrected chi connectivity index (χ0v) is 13.7. The van der Waals surface area contributed by atoms with Crippen LogP contribution in [0.5, 0.6) is 0 Å². The van der Waals surface area contributed by atoms with Crippen LogP contribution in [-0.4, -0.2) is 20.8 Å². The molecule has 98 valence electrons. The molecule has 2 aromatic carbocycles. The number of allylic oxidation sites excluding steroid dienone is 1. The van der Waals surface area contributed by atoms with E-state index in [4.69, 9.17) is 11.6 Å². The van der Waals surface area contributed by atoms with Crippen LogP contribution in [-0.2, 0) is 0 Å². The van der Waals surface area contributed by atoms with Crippen molar-refractivity contribution in [3.05, 3.63) is 70.5 Å². The van der Waals surface area contributed by atoms with Crippen LogP contribution in [0.25, 0.3) is 0 Å². The van der Waals surface area contributed by atoms with Crippen LogP contribution in [0.1, 0.15) is 6.42 Å². The van der Waals surface area contributed by atoms with Gasteiger partial charge in [0.05, 0.1) is 0 Å². The molecule has 0 heterocycles. The van der Waals surface area contributed by atoms with Gasteiger partial charge in [-0.25, -0.2) is 0 Å². The van der Waals surface area contributed by atoms with Gasteiger partial charge in [0.25, 0.3) is 0 Å². The summed E-state index contributed by atoms with van der Waals surface area (Å²) in [6.45, 7) is 0. The Morgan fingerprint density at radius 2 is 1.63 bits per heavy atom. The summed E-state index contributed by atoms with van der Waals surface area (Å²) in [4.78, 5) is 1.29. The molecule has 0 saturated carbocycles. The summed E-state index contributed by atoms with van der Waals surface area (Å²) in [6, 6.07) is 21.2. The fourth-order valence-electron chi connectivity index (χ4n) is 1.49. The molecule has 0 aliphatic heterocycles. The molecule has 0 N–H and O–H groups in total. The first-order chi connectivity index (χ1) is 9.38. The quantitative estimate of drug-likeness (QED) is 0.424. The van der Waals surface area contributed by atoms with E-state index in [2.05, 4.69) is 66.7 Å². The molecule has 0 nitrogen and oxygen atoms in total. The average molecular weight is 354 g/mol. The normalized spacial score (nSPS) is 11.5. The fourth-order valence-corrected chi connectivity index (χ4v) is 5.26. The van der Waals surface area contributed by atoms with E-state index in [9.17, 15) is 0 Å². The van der Waals surface area contributed by atoms with Gasteiger partial charge < -0.3 is 0 Å². The van der Waals surface area contributed by atoms with Crippen molar-refractivity contribution >= 4 is 42.8 Å². The van der Waals surface area contributed by atoms with E-state index in [-0.39, 0.29) is 0 Å². The SMILES string of the molecule is ClCC/C=C(/Sc1ccccc1)[Se]c1ccccc1. The summed E-state index contributed by atoms with van der Waals surface area (Å²) < 4.78 is 2.82. The summed E-state index contributed by atoms with van der Waals surface area (Å²) in [5.74, 6) is 0.684. The van der Waals surface area contributed by atoms with E-state index >= 15 is 0 Å². The Morgan fingerprint density at radius 1 is 1.00 bits per heavy atom. The molecule has 0 aliphatic carbocycles. The van der Waals surface area contributed by atoms with Crippen LogP contribution < -0.4 is 4.46 Å². The van der Waals surface area contributed by atoms with Crippen LogP contribution in [0.3, 0.4) is 0 Å². The second kappa shape index (κ2) is 8.50. The second-order valence-corrected chi connectivity index (χ2v) is 8.25. The molecule has 3 heteroatoms. The van der Waals surface area contributed by atoms with Crippen molar-refractivity contribution in [2.45, 2.75) is 11.3 Å². The molecule has 0 fully saturated rings. The van der Waals surface area contributed by atoms with Gasteiger partial charge in [0.15, 0.2) is 0 Å².